The number of carbonyl (C=O) groups is 2. The van der Waals surface area contributed by atoms with Crippen molar-refractivity contribution < 1.29 is 9.59 Å². The molecule has 1 fully saturated rings. The molecule has 2 unspecified atom stereocenters. The van der Waals surface area contributed by atoms with Crippen LogP contribution in [-0.4, -0.2) is 33.3 Å². The van der Waals surface area contributed by atoms with Gasteiger partial charge in [-0.3, -0.25) is 9.59 Å². The summed E-state index contributed by atoms with van der Waals surface area (Å²) in [6, 6.07) is -0.595. The van der Waals surface area contributed by atoms with Crippen LogP contribution in [0.25, 0.3) is 0 Å². The van der Waals surface area contributed by atoms with E-state index in [4.69, 9.17) is 0 Å². The van der Waals surface area contributed by atoms with Crippen molar-refractivity contribution in [2.45, 2.75) is 51.7 Å². The molecule has 5 nitrogen and oxygen atoms in total. The van der Waals surface area contributed by atoms with Gasteiger partial charge in [-0.1, -0.05) is 6.92 Å². The van der Waals surface area contributed by atoms with Gasteiger partial charge in [0.15, 0.2) is 0 Å². The zero-order valence-electron chi connectivity index (χ0n) is 11.6. The first-order valence-electron chi connectivity index (χ1n) is 6.42. The van der Waals surface area contributed by atoms with Crippen molar-refractivity contribution in [3.05, 3.63) is 16.6 Å². The lowest BCUT2D eigenvalue weighted by atomic mass is 9.94. The van der Waals surface area contributed by atoms with Crippen molar-refractivity contribution in [2.24, 2.45) is 0 Å². The van der Waals surface area contributed by atoms with Gasteiger partial charge in [0.2, 0.25) is 11.8 Å². The molecule has 2 rings (SSSR count). The molecule has 0 bridgehead atoms. The monoisotopic (exact) mass is 281 g/mol. The van der Waals surface area contributed by atoms with Crippen molar-refractivity contribution in [3.63, 3.8) is 0 Å². The highest BCUT2D eigenvalue weighted by Gasteiger charge is 2.46. The number of amides is 2. The van der Waals surface area contributed by atoms with Crippen LogP contribution in [0.3, 0.4) is 0 Å². The van der Waals surface area contributed by atoms with E-state index in [1.165, 1.54) is 11.3 Å². The van der Waals surface area contributed by atoms with Crippen molar-refractivity contribution in [1.29, 1.82) is 0 Å². The number of thiazole rings is 1. The zero-order chi connectivity index (χ0) is 14.2. The molecule has 2 atom stereocenters. The van der Waals surface area contributed by atoms with E-state index in [0.717, 1.165) is 5.01 Å². The van der Waals surface area contributed by atoms with Gasteiger partial charge in [-0.2, -0.15) is 0 Å². The first-order chi connectivity index (χ1) is 8.88. The smallest absolute Gasteiger partial charge is 0.249 e. The molecule has 1 aromatic rings. The minimum Gasteiger partial charge on any atom is -0.340 e. The van der Waals surface area contributed by atoms with Gasteiger partial charge >= 0.3 is 0 Å². The fourth-order valence-corrected chi connectivity index (χ4v) is 3.12. The van der Waals surface area contributed by atoms with E-state index in [2.05, 4.69) is 10.3 Å². The maximum Gasteiger partial charge on any atom is 0.249 e. The van der Waals surface area contributed by atoms with E-state index >= 15 is 0 Å². The summed E-state index contributed by atoms with van der Waals surface area (Å²) in [5, 5.41) is 5.53. The summed E-state index contributed by atoms with van der Waals surface area (Å²) in [4.78, 5) is 30.7. The number of piperazine rings is 1. The van der Waals surface area contributed by atoms with Crippen molar-refractivity contribution >= 4 is 23.2 Å². The molecule has 1 N–H and O–H groups in total. The van der Waals surface area contributed by atoms with Gasteiger partial charge in [-0.15, -0.1) is 11.3 Å². The lowest BCUT2D eigenvalue weighted by Crippen LogP contribution is -2.68. The van der Waals surface area contributed by atoms with Crippen molar-refractivity contribution in [1.82, 2.24) is 15.2 Å². The van der Waals surface area contributed by atoms with Crippen LogP contribution in [0.4, 0.5) is 0 Å². The predicted octanol–water partition coefficient (Wildman–Crippen LogP) is 1.72. The van der Waals surface area contributed by atoms with Gasteiger partial charge in [0.1, 0.15) is 16.6 Å². The molecule has 0 aromatic carbocycles. The summed E-state index contributed by atoms with van der Waals surface area (Å²) >= 11 is 1.50. The molecule has 0 saturated carbocycles. The molecule has 1 saturated heterocycles. The van der Waals surface area contributed by atoms with Gasteiger partial charge < -0.3 is 10.2 Å². The first-order valence-corrected chi connectivity index (χ1v) is 7.30. The Bertz CT molecular complexity index is 484. The molecule has 6 heteroatoms. The lowest BCUT2D eigenvalue weighted by molar-refractivity contribution is -0.156. The molecule has 104 valence electrons. The summed E-state index contributed by atoms with van der Waals surface area (Å²) in [6.45, 7) is 7.31. The molecule has 1 aliphatic heterocycles. The second-order valence-corrected chi connectivity index (χ2v) is 6.22. The molecule has 1 aliphatic rings. The summed E-state index contributed by atoms with van der Waals surface area (Å²) in [5.74, 6) is -0.142. The molecule has 0 aliphatic carbocycles. The topological polar surface area (TPSA) is 62.3 Å². The van der Waals surface area contributed by atoms with Crippen LogP contribution in [0.15, 0.2) is 11.6 Å². The second kappa shape index (κ2) is 4.92. The summed E-state index contributed by atoms with van der Waals surface area (Å²) < 4.78 is 0. The van der Waals surface area contributed by atoms with E-state index in [1.807, 2.05) is 19.2 Å². The number of hydrogen-bond donors (Lipinski definition) is 1. The zero-order valence-corrected chi connectivity index (χ0v) is 12.5. The fraction of sp³-hybridized carbons (Fsp3) is 0.615. The largest absolute Gasteiger partial charge is 0.340 e. The standard InChI is InChI=1S/C13H19N3O2S/c1-5-9-10(17)15-13(3,4)12(18)16(9)8(2)11-14-6-7-19-11/h6-9H,5H2,1-4H3,(H,15,17). The number of nitrogens with one attached hydrogen (secondary N) is 1. The molecular weight excluding hydrogens is 262 g/mol. The summed E-state index contributed by atoms with van der Waals surface area (Å²) in [6.07, 6.45) is 2.32. The third-order valence-corrected chi connectivity index (χ3v) is 4.40. The molecule has 0 spiro atoms. The summed E-state index contributed by atoms with van der Waals surface area (Å²) in [7, 11) is 0. The van der Waals surface area contributed by atoms with Crippen molar-refractivity contribution in [3.8, 4) is 0 Å². The molecule has 2 amide bonds. The second-order valence-electron chi connectivity index (χ2n) is 5.30. The minimum absolute atomic E-state index is 0.0540. The first kappa shape index (κ1) is 14.0. The predicted molar refractivity (Wildman–Crippen MR) is 73.7 cm³/mol. The molecule has 0 radical (unpaired) electrons. The van der Waals surface area contributed by atoms with Crippen LogP contribution in [0.1, 0.15) is 45.2 Å². The van der Waals surface area contributed by atoms with Gasteiger partial charge in [-0.25, -0.2) is 4.98 Å². The average Bonchev–Trinajstić information content (AvgIpc) is 2.85. The molecule has 1 aromatic heterocycles. The number of rotatable bonds is 3. The van der Waals surface area contributed by atoms with Gasteiger partial charge in [0.05, 0.1) is 6.04 Å². The normalized spacial score (nSPS) is 24.2. The third kappa shape index (κ3) is 2.36. The maximum absolute atomic E-state index is 12.6. The van der Waals surface area contributed by atoms with Crippen molar-refractivity contribution in [2.75, 3.05) is 0 Å². The number of hydrogen-bond acceptors (Lipinski definition) is 4. The minimum atomic E-state index is -0.853. The van der Waals surface area contributed by atoms with E-state index in [1.54, 1.807) is 24.9 Å². The SMILES string of the molecule is CCC1C(=O)NC(C)(C)C(=O)N1C(C)c1nccs1. The Morgan fingerprint density at radius 2 is 2.21 bits per heavy atom. The van der Waals surface area contributed by atoms with Crippen LogP contribution < -0.4 is 5.32 Å². The number of aromatic nitrogens is 1. The van der Waals surface area contributed by atoms with E-state index in [9.17, 15) is 9.59 Å². The van der Waals surface area contributed by atoms with Crippen LogP contribution in [0, 0.1) is 0 Å². The Hall–Kier alpha value is -1.43. The Kier molecular flexibility index (Phi) is 3.62. The molecule has 2 heterocycles. The van der Waals surface area contributed by atoms with Gasteiger partial charge in [0.25, 0.3) is 0 Å². The summed E-state index contributed by atoms with van der Waals surface area (Å²) in [5.41, 5.74) is -0.853. The van der Waals surface area contributed by atoms with E-state index < -0.39 is 11.6 Å². The van der Waals surface area contributed by atoms with Crippen LogP contribution >= 0.6 is 11.3 Å². The lowest BCUT2D eigenvalue weighted by Gasteiger charge is -2.44. The highest BCUT2D eigenvalue weighted by molar-refractivity contribution is 7.09. The van der Waals surface area contributed by atoms with E-state index in [-0.39, 0.29) is 17.9 Å². The van der Waals surface area contributed by atoms with Gasteiger partial charge in [0, 0.05) is 11.6 Å². The fourth-order valence-electron chi connectivity index (χ4n) is 2.42. The highest BCUT2D eigenvalue weighted by Crippen LogP contribution is 2.30. The maximum atomic E-state index is 12.6. The number of carbonyl (C=O) groups excluding carboxylic acids is 2. The Labute approximate surface area is 117 Å². The number of nitrogens with zero attached hydrogens (tertiary/aromatic N) is 2. The van der Waals surface area contributed by atoms with Crippen LogP contribution in [0.5, 0.6) is 0 Å². The Balaban J connectivity index is 2.37. The molecular formula is C13H19N3O2S. The molecule has 19 heavy (non-hydrogen) atoms. The van der Waals surface area contributed by atoms with Crippen LogP contribution in [-0.2, 0) is 9.59 Å². The average molecular weight is 281 g/mol. The Morgan fingerprint density at radius 1 is 1.53 bits per heavy atom. The van der Waals surface area contributed by atoms with E-state index in [0.29, 0.717) is 6.42 Å². The van der Waals surface area contributed by atoms with Gasteiger partial charge in [-0.05, 0) is 27.2 Å². The third-order valence-electron chi connectivity index (χ3n) is 3.46. The Morgan fingerprint density at radius 3 is 2.74 bits per heavy atom. The van der Waals surface area contributed by atoms with Crippen LogP contribution in [0.2, 0.25) is 0 Å². The quantitative estimate of drug-likeness (QED) is 0.917. The highest BCUT2D eigenvalue weighted by atomic mass is 32.1.